The minimum atomic E-state index is -4.96. The third kappa shape index (κ3) is 74.3. The molecule has 0 amide bonds. The molecule has 0 aromatic heterocycles. The van der Waals surface area contributed by atoms with Gasteiger partial charge >= 0.3 is 39.5 Å². The van der Waals surface area contributed by atoms with Crippen LogP contribution in [-0.4, -0.2) is 96.7 Å². The molecule has 17 nitrogen and oxygen atoms in total. The van der Waals surface area contributed by atoms with Gasteiger partial charge in [0.15, 0.2) is 12.2 Å². The molecule has 0 bridgehead atoms. The Morgan fingerprint density at radius 1 is 0.270 bits per heavy atom. The molecule has 0 aliphatic rings. The average Bonchev–Trinajstić information content (AvgIpc) is 0.912. The van der Waals surface area contributed by atoms with Gasteiger partial charge in [-0.05, 0) is 37.5 Å². The van der Waals surface area contributed by atoms with Gasteiger partial charge < -0.3 is 33.8 Å². The Morgan fingerprint density at radius 3 is 0.680 bits per heavy atom. The van der Waals surface area contributed by atoms with E-state index in [-0.39, 0.29) is 25.7 Å². The molecular weight excluding hydrogens is 1310 g/mol. The average molecular weight is 1470 g/mol. The number of unbranched alkanes of at least 4 members (excludes halogenated alkanes) is 50. The van der Waals surface area contributed by atoms with Crippen molar-refractivity contribution in [3.05, 3.63) is 0 Å². The van der Waals surface area contributed by atoms with Gasteiger partial charge in [0.1, 0.15) is 19.3 Å². The van der Waals surface area contributed by atoms with Gasteiger partial charge in [0.05, 0.1) is 26.4 Å². The topological polar surface area (TPSA) is 237 Å². The molecule has 0 aromatic carbocycles. The molecule has 3 N–H and O–H groups in total. The van der Waals surface area contributed by atoms with Gasteiger partial charge in [0.2, 0.25) is 0 Å². The van der Waals surface area contributed by atoms with E-state index in [4.69, 9.17) is 37.0 Å². The molecule has 0 aliphatic carbocycles. The summed E-state index contributed by atoms with van der Waals surface area (Å²) >= 11 is 0. The number of esters is 4. The van der Waals surface area contributed by atoms with E-state index in [1.165, 1.54) is 238 Å². The molecule has 0 spiro atoms. The summed E-state index contributed by atoms with van der Waals surface area (Å²) in [6.07, 6.45) is 62.5. The van der Waals surface area contributed by atoms with Gasteiger partial charge in [-0.15, -0.1) is 0 Å². The maximum Gasteiger partial charge on any atom is 0.472 e. The van der Waals surface area contributed by atoms with E-state index >= 15 is 0 Å². The van der Waals surface area contributed by atoms with Gasteiger partial charge in [-0.2, -0.15) is 0 Å². The molecular formula is C81H158O17P2. The van der Waals surface area contributed by atoms with Crippen molar-refractivity contribution < 1.29 is 80.2 Å². The molecule has 594 valence electrons. The maximum atomic E-state index is 13.1. The van der Waals surface area contributed by atoms with Crippen molar-refractivity contribution in [3.8, 4) is 0 Å². The van der Waals surface area contributed by atoms with Crippen LogP contribution < -0.4 is 0 Å². The summed E-state index contributed by atoms with van der Waals surface area (Å²) in [7, 11) is -9.92. The summed E-state index contributed by atoms with van der Waals surface area (Å²) in [6, 6.07) is 0. The highest BCUT2D eigenvalue weighted by atomic mass is 31.2. The molecule has 0 aromatic rings. The first-order valence-corrected chi connectivity index (χ1v) is 45.0. The number of carbonyl (C=O) groups excluding carboxylic acids is 4. The van der Waals surface area contributed by atoms with Gasteiger partial charge in [-0.25, -0.2) is 9.13 Å². The van der Waals surface area contributed by atoms with Crippen LogP contribution in [0.2, 0.25) is 0 Å². The maximum absolute atomic E-state index is 13.1. The number of carbonyl (C=O) groups is 4. The van der Waals surface area contributed by atoms with Crippen molar-refractivity contribution in [2.45, 2.75) is 445 Å². The Bertz CT molecular complexity index is 1920. The third-order valence-corrected chi connectivity index (χ3v) is 20.9. The van der Waals surface area contributed by atoms with Crippen LogP contribution in [0.25, 0.3) is 0 Å². The quantitative estimate of drug-likeness (QED) is 0.0222. The van der Waals surface area contributed by atoms with E-state index in [9.17, 15) is 43.2 Å². The van der Waals surface area contributed by atoms with Gasteiger partial charge in [0, 0.05) is 25.7 Å². The number of aliphatic hydroxyl groups is 1. The van der Waals surface area contributed by atoms with Crippen molar-refractivity contribution >= 4 is 39.5 Å². The molecule has 0 saturated heterocycles. The summed E-state index contributed by atoms with van der Waals surface area (Å²) in [4.78, 5) is 73.0. The SMILES string of the molecule is CCCCCCCCCCCCCCCCCCCCC(=O)O[C@H](COC(=O)CCCCCCCCCCCCCCCCC(C)C)COP(=O)(O)OC[C@@H](O)COP(=O)(O)OC[C@@H](COC(=O)CCCCCCCCCC(C)C)OC(=O)CCCCCCCCCCCCCCCCC. The molecule has 0 heterocycles. The number of hydrogen-bond acceptors (Lipinski definition) is 15. The van der Waals surface area contributed by atoms with Crippen LogP contribution in [0.4, 0.5) is 0 Å². The lowest BCUT2D eigenvalue weighted by atomic mass is 10.0. The van der Waals surface area contributed by atoms with Crippen molar-refractivity contribution in [2.75, 3.05) is 39.6 Å². The summed E-state index contributed by atoms with van der Waals surface area (Å²) in [5.74, 6) is -0.603. The van der Waals surface area contributed by atoms with Crippen LogP contribution in [0.3, 0.4) is 0 Å². The van der Waals surface area contributed by atoms with E-state index < -0.39 is 97.5 Å². The fourth-order valence-corrected chi connectivity index (χ4v) is 14.1. The summed E-state index contributed by atoms with van der Waals surface area (Å²) in [6.45, 7) is 9.61. The van der Waals surface area contributed by atoms with Crippen molar-refractivity contribution in [1.82, 2.24) is 0 Å². The molecule has 0 radical (unpaired) electrons. The van der Waals surface area contributed by atoms with Crippen LogP contribution in [0, 0.1) is 11.8 Å². The van der Waals surface area contributed by atoms with Crippen LogP contribution in [0.1, 0.15) is 427 Å². The first-order chi connectivity index (χ1) is 48.4. The molecule has 0 aliphatic heterocycles. The first-order valence-electron chi connectivity index (χ1n) is 42.0. The van der Waals surface area contributed by atoms with Gasteiger partial charge in [0.25, 0.3) is 0 Å². The minimum Gasteiger partial charge on any atom is -0.462 e. The number of rotatable bonds is 80. The predicted molar refractivity (Wildman–Crippen MR) is 409 cm³/mol. The third-order valence-electron chi connectivity index (χ3n) is 19.0. The number of hydrogen-bond donors (Lipinski definition) is 3. The van der Waals surface area contributed by atoms with Crippen LogP contribution in [0.15, 0.2) is 0 Å². The van der Waals surface area contributed by atoms with Crippen LogP contribution in [0.5, 0.6) is 0 Å². The number of ether oxygens (including phenoxy) is 4. The van der Waals surface area contributed by atoms with Crippen LogP contribution >= 0.6 is 15.6 Å². The lowest BCUT2D eigenvalue weighted by Crippen LogP contribution is -2.30. The van der Waals surface area contributed by atoms with E-state index in [1.54, 1.807) is 0 Å². The molecule has 19 heteroatoms. The molecule has 0 rings (SSSR count). The zero-order valence-electron chi connectivity index (χ0n) is 65.5. The normalized spacial score (nSPS) is 13.9. The Kier molecular flexibility index (Phi) is 71.2. The summed E-state index contributed by atoms with van der Waals surface area (Å²) < 4.78 is 68.7. The standard InChI is InChI=1S/C81H158O17P2/c1-7-9-11-13-15-17-19-21-23-24-25-27-33-37-41-47-54-60-66-80(85)97-76(69-91-78(83)63-57-51-45-39-35-31-29-28-30-34-38-43-49-55-61-73(3)4)71-95-99(87,88)93-67-75(82)68-94-100(89,90)96-72-77(70-92-79(84)64-58-52-48-42-44-50-56-62-74(5)6)98-81(86)65-59-53-46-40-36-32-26-22-20-18-16-14-12-10-8-2/h73-77,82H,7-72H2,1-6H3,(H,87,88)(H,89,90)/t75-,76-,77-/m1/s1. The molecule has 0 fully saturated rings. The Balaban J connectivity index is 5.24. The minimum absolute atomic E-state index is 0.108. The Labute approximate surface area is 613 Å². The molecule has 100 heavy (non-hydrogen) atoms. The fraction of sp³-hybridized carbons (Fsp3) is 0.951. The number of aliphatic hydroxyl groups excluding tert-OH is 1. The second kappa shape index (κ2) is 72.6. The lowest BCUT2D eigenvalue weighted by Gasteiger charge is -2.21. The predicted octanol–water partition coefficient (Wildman–Crippen LogP) is 24.3. The second-order valence-corrected chi connectivity index (χ2v) is 33.0. The first kappa shape index (κ1) is 98.1. The number of phosphoric acid groups is 2. The Hall–Kier alpha value is -1.94. The monoisotopic (exact) mass is 1470 g/mol. The Morgan fingerprint density at radius 2 is 0.460 bits per heavy atom. The van der Waals surface area contributed by atoms with Gasteiger partial charge in [-0.1, -0.05) is 375 Å². The largest absolute Gasteiger partial charge is 0.472 e. The van der Waals surface area contributed by atoms with E-state index in [2.05, 4.69) is 41.5 Å². The zero-order chi connectivity index (χ0) is 73.5. The zero-order valence-corrected chi connectivity index (χ0v) is 67.3. The molecule has 2 unspecified atom stereocenters. The molecule has 5 atom stereocenters. The highest BCUT2D eigenvalue weighted by Crippen LogP contribution is 2.45. The smallest absolute Gasteiger partial charge is 0.462 e. The van der Waals surface area contributed by atoms with E-state index in [1.807, 2.05) is 0 Å². The van der Waals surface area contributed by atoms with Crippen molar-refractivity contribution in [3.63, 3.8) is 0 Å². The summed E-state index contributed by atoms with van der Waals surface area (Å²) in [5.41, 5.74) is 0. The highest BCUT2D eigenvalue weighted by molar-refractivity contribution is 7.47. The summed E-state index contributed by atoms with van der Waals surface area (Å²) in [5, 5.41) is 10.6. The number of phosphoric ester groups is 2. The second-order valence-electron chi connectivity index (χ2n) is 30.1. The van der Waals surface area contributed by atoms with Crippen molar-refractivity contribution in [1.29, 1.82) is 0 Å². The highest BCUT2D eigenvalue weighted by Gasteiger charge is 2.30. The van der Waals surface area contributed by atoms with E-state index in [0.717, 1.165) is 102 Å². The van der Waals surface area contributed by atoms with Crippen molar-refractivity contribution in [2.24, 2.45) is 11.8 Å². The van der Waals surface area contributed by atoms with Gasteiger partial charge in [-0.3, -0.25) is 37.3 Å². The lowest BCUT2D eigenvalue weighted by molar-refractivity contribution is -0.161. The van der Waals surface area contributed by atoms with Crippen LogP contribution in [-0.2, 0) is 65.4 Å². The fourth-order valence-electron chi connectivity index (χ4n) is 12.5. The van der Waals surface area contributed by atoms with E-state index in [0.29, 0.717) is 31.6 Å². The molecule has 0 saturated carbocycles.